The molecule has 1 rings (SSSR count). The number of aliphatic hydroxyl groups is 1. The number of aliphatic carboxylic acids is 1. The first kappa shape index (κ1) is 29.4. The van der Waals surface area contributed by atoms with Crippen LogP contribution in [0.3, 0.4) is 0 Å². The minimum atomic E-state index is -1.23. The average molecular weight is 501 g/mol. The van der Waals surface area contributed by atoms with Crippen molar-refractivity contribution in [3.8, 4) is 0 Å². The van der Waals surface area contributed by atoms with Crippen LogP contribution in [-0.4, -0.2) is 86.2 Å². The molecule has 0 aliphatic carbocycles. The van der Waals surface area contributed by atoms with E-state index >= 15 is 0 Å². The lowest BCUT2D eigenvalue weighted by Crippen LogP contribution is -2.58. The van der Waals surface area contributed by atoms with Gasteiger partial charge in [0, 0.05) is 18.3 Å². The predicted octanol–water partition coefficient (Wildman–Crippen LogP) is -1.00. The molecule has 0 aromatic carbocycles. The van der Waals surface area contributed by atoms with E-state index in [1.165, 1.54) is 31.2 Å². The topological polar surface area (TPSA) is 200 Å². The second-order valence-corrected chi connectivity index (χ2v) is 9.47. The van der Waals surface area contributed by atoms with Gasteiger partial charge in [-0.05, 0) is 37.7 Å². The molecule has 0 aliphatic heterocycles. The average Bonchev–Trinajstić information content (AvgIpc) is 3.27. The zero-order valence-corrected chi connectivity index (χ0v) is 20.7. The normalized spacial score (nSPS) is 15.6. The highest BCUT2D eigenvalue weighted by molar-refractivity contribution is 7.98. The number of aliphatic hydroxyl groups excluding tert-OH is 1. The maximum absolute atomic E-state index is 13.0. The predicted molar refractivity (Wildman–Crippen MR) is 128 cm³/mol. The molecule has 0 saturated carbocycles. The lowest BCUT2D eigenvalue weighted by Gasteiger charge is -2.26. The van der Waals surface area contributed by atoms with Crippen molar-refractivity contribution >= 4 is 35.5 Å². The summed E-state index contributed by atoms with van der Waals surface area (Å²) in [4.78, 5) is 56.6. The lowest BCUT2D eigenvalue weighted by molar-refractivity contribution is -0.142. The molecule has 0 fully saturated rings. The third kappa shape index (κ3) is 10.1. The van der Waals surface area contributed by atoms with Gasteiger partial charge in [0.2, 0.25) is 17.7 Å². The second-order valence-electron chi connectivity index (χ2n) is 8.48. The Morgan fingerprint density at radius 2 is 1.65 bits per heavy atom. The molecule has 1 heterocycles. The fraction of sp³-hybridized carbons (Fsp3) is 0.667. The molecule has 8 N–H and O–H groups in total. The van der Waals surface area contributed by atoms with Crippen LogP contribution in [0.15, 0.2) is 12.5 Å². The molecular weight excluding hydrogens is 464 g/mol. The number of nitrogens with zero attached hydrogens (tertiary/aromatic N) is 1. The highest BCUT2D eigenvalue weighted by Gasteiger charge is 2.31. The van der Waals surface area contributed by atoms with Gasteiger partial charge in [-0.3, -0.25) is 14.4 Å². The van der Waals surface area contributed by atoms with Gasteiger partial charge in [-0.15, -0.1) is 0 Å². The Kier molecular flexibility index (Phi) is 12.6. The van der Waals surface area contributed by atoms with Crippen LogP contribution in [0.25, 0.3) is 0 Å². The van der Waals surface area contributed by atoms with Crippen molar-refractivity contribution in [3.05, 3.63) is 18.2 Å². The van der Waals surface area contributed by atoms with Crippen LogP contribution in [0.5, 0.6) is 0 Å². The molecule has 192 valence electrons. The Morgan fingerprint density at radius 1 is 1.06 bits per heavy atom. The molecular formula is C21H36N6O6S. The van der Waals surface area contributed by atoms with E-state index in [1.54, 1.807) is 0 Å². The smallest absolute Gasteiger partial charge is 0.326 e. The SMILES string of the molecule is CSCCC(NC(=O)C(CC(C)C)NC(=O)C(N)C(C)O)C(=O)NC(Cc1cnc[nH]1)C(=O)O. The van der Waals surface area contributed by atoms with E-state index in [0.29, 0.717) is 11.4 Å². The van der Waals surface area contributed by atoms with Gasteiger partial charge < -0.3 is 36.9 Å². The summed E-state index contributed by atoms with van der Waals surface area (Å²) in [6, 6.07) is -4.43. The summed E-state index contributed by atoms with van der Waals surface area (Å²) in [6.07, 6.45) is 4.13. The number of rotatable bonds is 15. The van der Waals surface area contributed by atoms with Gasteiger partial charge in [0.15, 0.2) is 0 Å². The molecule has 5 unspecified atom stereocenters. The van der Waals surface area contributed by atoms with E-state index in [-0.39, 0.29) is 25.2 Å². The van der Waals surface area contributed by atoms with Crippen LogP contribution in [0.4, 0.5) is 0 Å². The fourth-order valence-corrected chi connectivity index (χ4v) is 3.53. The van der Waals surface area contributed by atoms with Crippen molar-refractivity contribution in [2.45, 2.75) is 70.3 Å². The van der Waals surface area contributed by atoms with Crippen molar-refractivity contribution in [2.24, 2.45) is 11.7 Å². The van der Waals surface area contributed by atoms with Gasteiger partial charge in [-0.1, -0.05) is 13.8 Å². The van der Waals surface area contributed by atoms with E-state index in [4.69, 9.17) is 5.73 Å². The zero-order chi connectivity index (χ0) is 25.8. The van der Waals surface area contributed by atoms with Crippen LogP contribution >= 0.6 is 11.8 Å². The number of carboxylic acids is 1. The van der Waals surface area contributed by atoms with Gasteiger partial charge in [-0.2, -0.15) is 11.8 Å². The van der Waals surface area contributed by atoms with Crippen LogP contribution in [0.2, 0.25) is 0 Å². The number of amides is 3. The number of nitrogens with one attached hydrogen (secondary N) is 4. The highest BCUT2D eigenvalue weighted by atomic mass is 32.2. The number of carbonyl (C=O) groups is 4. The molecule has 1 aromatic heterocycles. The number of carboxylic acid groups (broad SMARTS) is 1. The van der Waals surface area contributed by atoms with E-state index in [2.05, 4.69) is 25.9 Å². The molecule has 13 heteroatoms. The second kappa shape index (κ2) is 14.6. The Labute approximate surface area is 203 Å². The maximum Gasteiger partial charge on any atom is 0.326 e. The summed E-state index contributed by atoms with van der Waals surface area (Å²) in [6.45, 7) is 5.10. The number of thioether (sulfide) groups is 1. The number of hydrogen-bond donors (Lipinski definition) is 7. The van der Waals surface area contributed by atoms with Gasteiger partial charge in [0.1, 0.15) is 24.2 Å². The molecule has 0 bridgehead atoms. The monoisotopic (exact) mass is 500 g/mol. The minimum absolute atomic E-state index is 0.00642. The van der Waals surface area contributed by atoms with Crippen LogP contribution in [0, 0.1) is 5.92 Å². The van der Waals surface area contributed by atoms with Gasteiger partial charge >= 0.3 is 5.97 Å². The maximum atomic E-state index is 13.0. The molecule has 0 radical (unpaired) electrons. The number of H-pyrrole nitrogens is 1. The Morgan fingerprint density at radius 3 is 2.15 bits per heavy atom. The third-order valence-electron chi connectivity index (χ3n) is 5.00. The minimum Gasteiger partial charge on any atom is -0.480 e. The van der Waals surface area contributed by atoms with Gasteiger partial charge in [-0.25, -0.2) is 9.78 Å². The molecule has 3 amide bonds. The molecule has 0 saturated heterocycles. The highest BCUT2D eigenvalue weighted by Crippen LogP contribution is 2.09. The van der Waals surface area contributed by atoms with Crippen LogP contribution < -0.4 is 21.7 Å². The fourth-order valence-electron chi connectivity index (χ4n) is 3.06. The van der Waals surface area contributed by atoms with Crippen LogP contribution in [0.1, 0.15) is 39.3 Å². The Bertz CT molecular complexity index is 804. The lowest BCUT2D eigenvalue weighted by atomic mass is 10.0. The molecule has 1 aromatic rings. The first-order valence-corrected chi connectivity index (χ1v) is 12.4. The molecule has 5 atom stereocenters. The van der Waals surface area contributed by atoms with Crippen molar-refractivity contribution in [3.63, 3.8) is 0 Å². The summed E-state index contributed by atoms with van der Waals surface area (Å²) in [5.74, 6) is -2.60. The third-order valence-corrected chi connectivity index (χ3v) is 5.64. The van der Waals surface area contributed by atoms with Crippen molar-refractivity contribution in [2.75, 3.05) is 12.0 Å². The molecule has 0 spiro atoms. The van der Waals surface area contributed by atoms with E-state index in [0.717, 1.165) is 0 Å². The first-order valence-electron chi connectivity index (χ1n) is 11.0. The van der Waals surface area contributed by atoms with Crippen LogP contribution in [-0.2, 0) is 25.6 Å². The zero-order valence-electron chi connectivity index (χ0n) is 19.9. The van der Waals surface area contributed by atoms with Crippen molar-refractivity contribution in [1.82, 2.24) is 25.9 Å². The Balaban J connectivity index is 2.96. The van der Waals surface area contributed by atoms with E-state index < -0.39 is 54.0 Å². The number of nitrogens with two attached hydrogens (primary N) is 1. The Hall–Kier alpha value is -2.64. The van der Waals surface area contributed by atoms with E-state index in [1.807, 2.05) is 20.1 Å². The number of imidazole rings is 1. The number of aromatic nitrogens is 2. The first-order chi connectivity index (χ1) is 16.0. The molecule has 0 aliphatic rings. The summed E-state index contributed by atoms with van der Waals surface area (Å²) < 4.78 is 0. The standard InChI is InChI=1S/C21H36N6O6S/c1-11(2)7-15(26-20(31)17(22)12(3)28)19(30)25-14(5-6-34-4)18(29)27-16(21(32)33)8-13-9-23-10-24-13/h9-12,14-17,28H,5-8,22H2,1-4H3,(H,23,24)(H,25,30)(H,26,31)(H,27,29)(H,32,33). The largest absolute Gasteiger partial charge is 0.480 e. The van der Waals surface area contributed by atoms with Gasteiger partial charge in [0.05, 0.1) is 12.4 Å². The van der Waals surface area contributed by atoms with Crippen molar-refractivity contribution < 1.29 is 29.4 Å². The number of carbonyl (C=O) groups excluding carboxylic acids is 3. The summed E-state index contributed by atoms with van der Waals surface area (Å²) in [7, 11) is 0. The summed E-state index contributed by atoms with van der Waals surface area (Å²) in [5, 5.41) is 26.7. The molecule has 34 heavy (non-hydrogen) atoms. The van der Waals surface area contributed by atoms with E-state index in [9.17, 15) is 29.4 Å². The van der Waals surface area contributed by atoms with Crippen molar-refractivity contribution in [1.29, 1.82) is 0 Å². The quantitative estimate of drug-likeness (QED) is 0.158. The number of aromatic amines is 1. The summed E-state index contributed by atoms with van der Waals surface area (Å²) in [5.41, 5.74) is 6.20. The molecule has 12 nitrogen and oxygen atoms in total. The van der Waals surface area contributed by atoms with Gasteiger partial charge in [0.25, 0.3) is 0 Å². The summed E-state index contributed by atoms with van der Waals surface area (Å²) >= 11 is 1.47. The number of hydrogen-bond acceptors (Lipinski definition) is 8.